The number of benzene rings is 2. The molecule has 0 fully saturated rings. The molecule has 32 heavy (non-hydrogen) atoms. The first-order valence-electron chi connectivity index (χ1n) is 9.77. The van der Waals surface area contributed by atoms with Crippen LogP contribution in [0.1, 0.15) is 15.9 Å². The number of carbonyl (C=O) groups is 1. The monoisotopic (exact) mass is 440 g/mol. The Morgan fingerprint density at radius 1 is 1.16 bits per heavy atom. The summed E-state index contributed by atoms with van der Waals surface area (Å²) in [7, 11) is 4.49. The molecule has 0 unspecified atom stereocenters. The van der Waals surface area contributed by atoms with E-state index in [0.717, 1.165) is 11.3 Å². The van der Waals surface area contributed by atoms with E-state index in [9.17, 15) is 14.9 Å². The van der Waals surface area contributed by atoms with Crippen molar-refractivity contribution in [2.75, 3.05) is 34.5 Å². The van der Waals surface area contributed by atoms with Crippen LogP contribution in [-0.2, 0) is 11.3 Å². The second-order valence-corrected chi connectivity index (χ2v) is 6.91. The van der Waals surface area contributed by atoms with Gasteiger partial charge in [0.2, 0.25) is 0 Å². The van der Waals surface area contributed by atoms with Gasteiger partial charge in [0.25, 0.3) is 11.6 Å². The van der Waals surface area contributed by atoms with Gasteiger partial charge in [-0.2, -0.15) is 5.10 Å². The highest BCUT2D eigenvalue weighted by molar-refractivity contribution is 5.99. The fraction of sp³-hybridized carbons (Fsp3) is 0.273. The van der Waals surface area contributed by atoms with E-state index in [1.807, 2.05) is 30.3 Å². The number of hydrogen-bond donors (Lipinski definition) is 0. The minimum absolute atomic E-state index is 0.0936. The summed E-state index contributed by atoms with van der Waals surface area (Å²) in [5.41, 5.74) is 1.20. The second kappa shape index (κ2) is 10.4. The topological polar surface area (TPSA) is 109 Å². The van der Waals surface area contributed by atoms with E-state index in [1.54, 1.807) is 24.1 Å². The van der Waals surface area contributed by atoms with Crippen molar-refractivity contribution in [3.05, 3.63) is 76.1 Å². The first-order chi connectivity index (χ1) is 15.4. The van der Waals surface area contributed by atoms with Gasteiger partial charge in [-0.05, 0) is 12.1 Å². The average molecular weight is 440 g/mol. The summed E-state index contributed by atoms with van der Waals surface area (Å²) in [4.78, 5) is 25.5. The van der Waals surface area contributed by atoms with E-state index in [0.29, 0.717) is 6.61 Å². The number of amides is 1. The molecule has 0 saturated carbocycles. The standard InChI is InChI=1S/C22H24N4O6/c1-24(14-16-13-23-25(15-16)17-7-5-4-6-8-17)22(27)18-11-20(31-3)21(32-10-9-30-2)12-19(18)26(28)29/h4-8,11-13,15H,9-10,14H2,1-3H3. The third-order valence-corrected chi connectivity index (χ3v) is 4.68. The number of nitro benzene ring substituents is 1. The zero-order valence-corrected chi connectivity index (χ0v) is 18.1. The molecule has 10 nitrogen and oxygen atoms in total. The molecule has 0 N–H and O–H groups in total. The Kier molecular flexibility index (Phi) is 7.40. The molecule has 10 heteroatoms. The lowest BCUT2D eigenvalue weighted by molar-refractivity contribution is -0.385. The zero-order valence-electron chi connectivity index (χ0n) is 18.1. The Labute approximate surface area is 185 Å². The minimum Gasteiger partial charge on any atom is -0.493 e. The maximum absolute atomic E-state index is 13.1. The van der Waals surface area contributed by atoms with Gasteiger partial charge in [-0.25, -0.2) is 4.68 Å². The van der Waals surface area contributed by atoms with Crippen molar-refractivity contribution < 1.29 is 23.9 Å². The van der Waals surface area contributed by atoms with Gasteiger partial charge in [-0.3, -0.25) is 14.9 Å². The molecule has 0 bridgehead atoms. The van der Waals surface area contributed by atoms with Crippen molar-refractivity contribution in [1.29, 1.82) is 0 Å². The van der Waals surface area contributed by atoms with Crippen molar-refractivity contribution in [1.82, 2.24) is 14.7 Å². The maximum atomic E-state index is 13.1. The van der Waals surface area contributed by atoms with Gasteiger partial charge in [0.05, 0.1) is 36.6 Å². The van der Waals surface area contributed by atoms with Crippen LogP contribution in [0.5, 0.6) is 11.5 Å². The molecule has 0 atom stereocenters. The Balaban J connectivity index is 1.82. The van der Waals surface area contributed by atoms with E-state index in [1.165, 1.54) is 31.3 Å². The molecule has 1 amide bonds. The van der Waals surface area contributed by atoms with Crippen LogP contribution in [0.2, 0.25) is 0 Å². The second-order valence-electron chi connectivity index (χ2n) is 6.91. The van der Waals surface area contributed by atoms with E-state index in [4.69, 9.17) is 14.2 Å². The summed E-state index contributed by atoms with van der Waals surface area (Å²) in [6, 6.07) is 12.1. The number of ether oxygens (including phenoxy) is 3. The van der Waals surface area contributed by atoms with Crippen LogP contribution in [0.3, 0.4) is 0 Å². The average Bonchev–Trinajstić information content (AvgIpc) is 3.27. The lowest BCUT2D eigenvalue weighted by Gasteiger charge is -2.18. The van der Waals surface area contributed by atoms with Crippen LogP contribution in [0, 0.1) is 10.1 Å². The molecule has 0 saturated heterocycles. The van der Waals surface area contributed by atoms with Crippen LogP contribution in [-0.4, -0.2) is 60.0 Å². The molecule has 0 aliphatic heterocycles. The summed E-state index contributed by atoms with van der Waals surface area (Å²) in [5, 5.41) is 16.0. The summed E-state index contributed by atoms with van der Waals surface area (Å²) in [6.45, 7) is 0.705. The molecular weight excluding hydrogens is 416 g/mol. The number of para-hydroxylation sites is 1. The van der Waals surface area contributed by atoms with E-state index >= 15 is 0 Å². The molecule has 1 heterocycles. The number of hydrogen-bond acceptors (Lipinski definition) is 7. The van der Waals surface area contributed by atoms with Crippen LogP contribution >= 0.6 is 0 Å². The largest absolute Gasteiger partial charge is 0.493 e. The number of aromatic nitrogens is 2. The molecule has 0 aliphatic rings. The predicted octanol–water partition coefficient (Wildman–Crippen LogP) is 3.09. The third kappa shape index (κ3) is 5.22. The first-order valence-corrected chi connectivity index (χ1v) is 9.77. The predicted molar refractivity (Wildman–Crippen MR) is 116 cm³/mol. The molecule has 0 aliphatic carbocycles. The summed E-state index contributed by atoms with van der Waals surface area (Å²) >= 11 is 0. The number of nitrogens with zero attached hydrogens (tertiary/aromatic N) is 4. The van der Waals surface area contributed by atoms with E-state index in [2.05, 4.69) is 5.10 Å². The van der Waals surface area contributed by atoms with Gasteiger partial charge in [-0.1, -0.05) is 18.2 Å². The molecule has 0 spiro atoms. The van der Waals surface area contributed by atoms with Crippen LogP contribution < -0.4 is 9.47 Å². The van der Waals surface area contributed by atoms with Crippen LogP contribution in [0.4, 0.5) is 5.69 Å². The lowest BCUT2D eigenvalue weighted by Crippen LogP contribution is -2.27. The first kappa shape index (κ1) is 22.8. The molecule has 3 rings (SSSR count). The quantitative estimate of drug-likeness (QED) is 0.271. The highest BCUT2D eigenvalue weighted by Crippen LogP contribution is 2.35. The smallest absolute Gasteiger partial charge is 0.286 e. The maximum Gasteiger partial charge on any atom is 0.286 e. The van der Waals surface area contributed by atoms with Crippen molar-refractivity contribution in [3.63, 3.8) is 0 Å². The van der Waals surface area contributed by atoms with Gasteiger partial charge in [0.1, 0.15) is 12.2 Å². The molecule has 168 valence electrons. The van der Waals surface area contributed by atoms with Crippen molar-refractivity contribution in [2.45, 2.75) is 6.54 Å². The number of rotatable bonds is 10. The molecule has 1 aromatic heterocycles. The Hall–Kier alpha value is -3.92. The number of carbonyl (C=O) groups excluding carboxylic acids is 1. The fourth-order valence-electron chi connectivity index (χ4n) is 3.09. The van der Waals surface area contributed by atoms with Gasteiger partial charge in [0, 0.05) is 38.5 Å². The van der Waals surface area contributed by atoms with Crippen molar-refractivity contribution in [2.24, 2.45) is 0 Å². The Bertz CT molecular complexity index is 1080. The van der Waals surface area contributed by atoms with Gasteiger partial charge in [-0.15, -0.1) is 0 Å². The summed E-state index contributed by atoms with van der Waals surface area (Å²) in [5.74, 6) is -0.133. The lowest BCUT2D eigenvalue weighted by atomic mass is 10.1. The molecular formula is C22H24N4O6. The highest BCUT2D eigenvalue weighted by Gasteiger charge is 2.27. The van der Waals surface area contributed by atoms with Gasteiger partial charge in [0.15, 0.2) is 11.5 Å². The van der Waals surface area contributed by atoms with Crippen molar-refractivity contribution >= 4 is 11.6 Å². The van der Waals surface area contributed by atoms with Crippen molar-refractivity contribution in [3.8, 4) is 17.2 Å². The SMILES string of the molecule is COCCOc1cc([N+](=O)[O-])c(C(=O)N(C)Cc2cnn(-c3ccccc3)c2)cc1OC. The van der Waals surface area contributed by atoms with E-state index < -0.39 is 10.8 Å². The molecule has 2 aromatic carbocycles. The summed E-state index contributed by atoms with van der Waals surface area (Å²) < 4.78 is 17.4. The highest BCUT2D eigenvalue weighted by atomic mass is 16.6. The zero-order chi connectivity index (χ0) is 23.1. The molecule has 0 radical (unpaired) electrons. The summed E-state index contributed by atoms with van der Waals surface area (Å²) in [6.07, 6.45) is 3.46. The fourth-order valence-corrected chi connectivity index (χ4v) is 3.09. The third-order valence-electron chi connectivity index (χ3n) is 4.68. The Morgan fingerprint density at radius 2 is 1.91 bits per heavy atom. The minimum atomic E-state index is -0.614. The van der Waals surface area contributed by atoms with Crippen LogP contribution in [0.25, 0.3) is 5.69 Å². The van der Waals surface area contributed by atoms with Crippen LogP contribution in [0.15, 0.2) is 54.9 Å². The van der Waals surface area contributed by atoms with Gasteiger partial charge < -0.3 is 19.1 Å². The van der Waals surface area contributed by atoms with Gasteiger partial charge >= 0.3 is 0 Å². The number of nitro groups is 1. The Morgan fingerprint density at radius 3 is 2.56 bits per heavy atom. The van der Waals surface area contributed by atoms with E-state index in [-0.39, 0.29) is 35.9 Å². The number of methoxy groups -OCH3 is 2. The normalized spacial score (nSPS) is 10.6. The molecule has 3 aromatic rings.